The normalized spacial score (nSPS) is 14.1. The largest absolute Gasteiger partial charge is 0.322 e. The molecule has 0 saturated carbocycles. The lowest BCUT2D eigenvalue weighted by Gasteiger charge is -2.23. The SMILES string of the molecule is C=CC[C@H](N)c1cc(Cl)ccn1.C=CC[C@H](N[S@](=O)C(C)(C)C)c1cc(Cl)ccn1. The maximum Gasteiger partial charge on any atom is 0.0976 e. The minimum absolute atomic E-state index is 0.0961. The molecule has 0 saturated heterocycles. The van der Waals surface area contributed by atoms with E-state index >= 15 is 0 Å². The van der Waals surface area contributed by atoms with E-state index in [1.54, 1.807) is 48.8 Å². The van der Waals surface area contributed by atoms with Gasteiger partial charge in [-0.15, -0.1) is 13.2 Å². The first-order valence-electron chi connectivity index (χ1n) is 9.46. The number of nitrogens with one attached hydrogen (secondary N) is 1. The van der Waals surface area contributed by atoms with Crippen LogP contribution in [0, 0.1) is 0 Å². The van der Waals surface area contributed by atoms with E-state index in [-0.39, 0.29) is 16.8 Å². The molecule has 2 rings (SSSR count). The summed E-state index contributed by atoms with van der Waals surface area (Å²) in [6.45, 7) is 13.1. The van der Waals surface area contributed by atoms with Gasteiger partial charge in [-0.2, -0.15) is 0 Å². The lowest BCUT2D eigenvalue weighted by Crippen LogP contribution is -2.35. The second-order valence-corrected chi connectivity index (χ2v) is 10.4. The van der Waals surface area contributed by atoms with Crippen LogP contribution in [-0.4, -0.2) is 18.9 Å². The van der Waals surface area contributed by atoms with Gasteiger partial charge in [0.05, 0.1) is 39.2 Å². The number of hydrogen-bond donors (Lipinski definition) is 2. The summed E-state index contributed by atoms with van der Waals surface area (Å²) in [6.07, 6.45) is 8.21. The summed E-state index contributed by atoms with van der Waals surface area (Å²) < 4.78 is 14.9. The van der Waals surface area contributed by atoms with E-state index < -0.39 is 11.0 Å². The highest BCUT2D eigenvalue weighted by molar-refractivity contribution is 7.84. The van der Waals surface area contributed by atoms with Crippen LogP contribution in [0.15, 0.2) is 62.0 Å². The molecule has 0 spiro atoms. The predicted octanol–water partition coefficient (Wildman–Crippen LogP) is 5.71. The third-order valence-corrected chi connectivity index (χ3v) is 5.93. The lowest BCUT2D eigenvalue weighted by molar-refractivity contribution is 0.594. The van der Waals surface area contributed by atoms with Crippen LogP contribution in [0.5, 0.6) is 0 Å². The Kier molecular flexibility index (Phi) is 11.4. The number of pyridine rings is 2. The van der Waals surface area contributed by atoms with Crippen LogP contribution in [0.1, 0.15) is 57.1 Å². The molecule has 2 aromatic rings. The molecule has 30 heavy (non-hydrogen) atoms. The maximum atomic E-state index is 12.1. The van der Waals surface area contributed by atoms with Gasteiger partial charge in [-0.05, 0) is 57.9 Å². The molecule has 8 heteroatoms. The molecule has 0 fully saturated rings. The number of aromatic nitrogens is 2. The van der Waals surface area contributed by atoms with E-state index in [4.69, 9.17) is 28.9 Å². The molecule has 0 radical (unpaired) electrons. The first-order valence-corrected chi connectivity index (χ1v) is 11.4. The van der Waals surface area contributed by atoms with Gasteiger partial charge in [0.15, 0.2) is 0 Å². The summed E-state index contributed by atoms with van der Waals surface area (Å²) >= 11 is 11.7. The fourth-order valence-corrected chi connectivity index (χ4v) is 3.40. The molecule has 0 amide bonds. The molecule has 0 aliphatic heterocycles. The third kappa shape index (κ3) is 9.49. The van der Waals surface area contributed by atoms with Gasteiger partial charge in [0.1, 0.15) is 0 Å². The molecule has 3 atom stereocenters. The molecule has 3 N–H and O–H groups in total. The van der Waals surface area contributed by atoms with Gasteiger partial charge in [0, 0.05) is 22.4 Å². The molecule has 2 aromatic heterocycles. The van der Waals surface area contributed by atoms with Gasteiger partial charge < -0.3 is 5.73 Å². The summed E-state index contributed by atoms with van der Waals surface area (Å²) in [6, 6.07) is 6.77. The zero-order valence-electron chi connectivity index (χ0n) is 17.6. The molecule has 0 bridgehead atoms. The highest BCUT2D eigenvalue weighted by atomic mass is 35.5. The summed E-state index contributed by atoms with van der Waals surface area (Å²) in [5, 5.41) is 1.29. The average Bonchev–Trinajstić information content (AvgIpc) is 2.67. The quantitative estimate of drug-likeness (QED) is 0.485. The van der Waals surface area contributed by atoms with Crippen molar-refractivity contribution >= 4 is 34.2 Å². The van der Waals surface area contributed by atoms with Crippen LogP contribution in [0.4, 0.5) is 0 Å². The van der Waals surface area contributed by atoms with Crippen molar-refractivity contribution in [1.29, 1.82) is 0 Å². The monoisotopic (exact) mass is 468 g/mol. The second kappa shape index (κ2) is 13.0. The summed E-state index contributed by atoms with van der Waals surface area (Å²) in [4.78, 5) is 8.37. The molecule has 0 aromatic carbocycles. The predicted molar refractivity (Wildman–Crippen MR) is 129 cm³/mol. The minimum Gasteiger partial charge on any atom is -0.322 e. The van der Waals surface area contributed by atoms with Crippen molar-refractivity contribution in [3.05, 3.63) is 83.4 Å². The third-order valence-electron chi connectivity index (χ3n) is 3.85. The van der Waals surface area contributed by atoms with Crippen LogP contribution in [0.3, 0.4) is 0 Å². The van der Waals surface area contributed by atoms with E-state index in [1.165, 1.54) is 0 Å². The molecule has 0 aliphatic rings. The van der Waals surface area contributed by atoms with E-state index in [9.17, 15) is 4.21 Å². The number of hydrogen-bond acceptors (Lipinski definition) is 4. The van der Waals surface area contributed by atoms with Crippen molar-refractivity contribution in [2.45, 2.75) is 50.4 Å². The number of rotatable bonds is 8. The van der Waals surface area contributed by atoms with Crippen LogP contribution < -0.4 is 10.5 Å². The van der Waals surface area contributed by atoms with Gasteiger partial charge in [0.25, 0.3) is 0 Å². The zero-order chi connectivity index (χ0) is 22.7. The van der Waals surface area contributed by atoms with E-state index in [1.807, 2.05) is 20.8 Å². The van der Waals surface area contributed by atoms with Crippen molar-refractivity contribution < 1.29 is 4.21 Å². The average molecular weight is 469 g/mol. The zero-order valence-corrected chi connectivity index (χ0v) is 20.0. The summed E-state index contributed by atoms with van der Waals surface area (Å²) in [5.41, 5.74) is 7.37. The summed E-state index contributed by atoms with van der Waals surface area (Å²) in [7, 11) is -1.16. The van der Waals surface area contributed by atoms with Crippen molar-refractivity contribution in [3.8, 4) is 0 Å². The first kappa shape index (κ1) is 26.5. The van der Waals surface area contributed by atoms with Crippen molar-refractivity contribution in [2.75, 3.05) is 0 Å². The first-order chi connectivity index (χ1) is 14.1. The van der Waals surface area contributed by atoms with E-state index in [0.29, 0.717) is 22.9 Å². The maximum absolute atomic E-state index is 12.1. The molecule has 164 valence electrons. The number of nitrogens with two attached hydrogens (primary N) is 1. The molecule has 5 nitrogen and oxygen atoms in total. The minimum atomic E-state index is -1.16. The fraction of sp³-hybridized carbons (Fsp3) is 0.364. The molecular weight excluding hydrogens is 439 g/mol. The standard InChI is InChI=1S/C13H19ClN2OS.C9H11ClN2/c1-5-6-11(16-18(17)13(2,3)4)12-9-10(14)7-8-15-12;1-2-3-8(11)9-6-7(10)4-5-12-9/h5,7-9,11,16H,1,6H2,2-4H3;2,4-6,8H,1,3,11H2/t11-,18+;8-/m00/s1. The van der Waals surface area contributed by atoms with Gasteiger partial charge in [-0.3, -0.25) is 9.97 Å². The van der Waals surface area contributed by atoms with E-state index in [2.05, 4.69) is 27.8 Å². The second-order valence-electron chi connectivity index (χ2n) is 7.50. The fourth-order valence-electron chi connectivity index (χ4n) is 2.24. The Morgan fingerprint density at radius 1 is 1.07 bits per heavy atom. The van der Waals surface area contributed by atoms with Gasteiger partial charge >= 0.3 is 0 Å². The Bertz CT molecular complexity index is 855. The molecule has 0 aliphatic carbocycles. The lowest BCUT2D eigenvalue weighted by atomic mass is 10.1. The van der Waals surface area contributed by atoms with Crippen molar-refractivity contribution in [1.82, 2.24) is 14.7 Å². The van der Waals surface area contributed by atoms with Crippen molar-refractivity contribution in [3.63, 3.8) is 0 Å². The highest BCUT2D eigenvalue weighted by Gasteiger charge is 2.23. The topological polar surface area (TPSA) is 80.9 Å². The Morgan fingerprint density at radius 3 is 2.03 bits per heavy atom. The van der Waals surface area contributed by atoms with Crippen LogP contribution >= 0.6 is 23.2 Å². The molecular formula is C22H30Cl2N4OS. The summed E-state index contributed by atoms with van der Waals surface area (Å²) in [5.74, 6) is 0. The smallest absolute Gasteiger partial charge is 0.0976 e. The van der Waals surface area contributed by atoms with Crippen LogP contribution in [-0.2, 0) is 11.0 Å². The van der Waals surface area contributed by atoms with Crippen LogP contribution in [0.25, 0.3) is 0 Å². The van der Waals surface area contributed by atoms with Crippen LogP contribution in [0.2, 0.25) is 10.0 Å². The Hall–Kier alpha value is -1.57. The molecule has 2 heterocycles. The van der Waals surface area contributed by atoms with Crippen molar-refractivity contribution in [2.24, 2.45) is 5.73 Å². The Morgan fingerprint density at radius 2 is 1.57 bits per heavy atom. The highest BCUT2D eigenvalue weighted by Crippen LogP contribution is 2.21. The van der Waals surface area contributed by atoms with Gasteiger partial charge in [-0.25, -0.2) is 8.93 Å². The van der Waals surface area contributed by atoms with Gasteiger partial charge in [0.2, 0.25) is 0 Å². The number of halogens is 2. The molecule has 0 unspecified atom stereocenters. The number of nitrogens with zero attached hydrogens (tertiary/aromatic N) is 2. The Labute approximate surface area is 192 Å². The van der Waals surface area contributed by atoms with E-state index in [0.717, 1.165) is 11.4 Å². The Balaban J connectivity index is 0.000000325. The van der Waals surface area contributed by atoms with Gasteiger partial charge in [-0.1, -0.05) is 35.4 Å².